The van der Waals surface area contributed by atoms with Crippen LogP contribution in [-0.4, -0.2) is 54.8 Å². The van der Waals surface area contributed by atoms with Crippen LogP contribution < -0.4 is 10.3 Å². The summed E-state index contributed by atoms with van der Waals surface area (Å²) in [4.78, 5) is 8.67. The van der Waals surface area contributed by atoms with Crippen LogP contribution in [0.15, 0.2) is 36.9 Å². The molecular weight excluding hydrogens is 374 g/mol. The first-order chi connectivity index (χ1) is 12.9. The molecule has 10 heteroatoms. The molecule has 0 unspecified atom stereocenters. The second-order valence-electron chi connectivity index (χ2n) is 6.62. The molecule has 0 bridgehead atoms. The van der Waals surface area contributed by atoms with Crippen LogP contribution in [0.5, 0.6) is 0 Å². The molecule has 1 aliphatic rings. The maximum absolute atomic E-state index is 10.3. The van der Waals surface area contributed by atoms with Gasteiger partial charge in [-0.05, 0) is 17.7 Å². The molecule has 5 N–H and O–H groups in total. The Morgan fingerprint density at radius 1 is 1.41 bits per heavy atom. The van der Waals surface area contributed by atoms with Gasteiger partial charge in [-0.25, -0.2) is 9.55 Å². The van der Waals surface area contributed by atoms with Crippen molar-refractivity contribution in [3.8, 4) is 0 Å². The zero-order chi connectivity index (χ0) is 19.2. The highest BCUT2D eigenvalue weighted by atomic mass is 35.5. The number of ether oxygens (including phenoxy) is 1. The Kier molecular flexibility index (Phi) is 4.49. The lowest BCUT2D eigenvalue weighted by Crippen LogP contribution is -2.46. The Morgan fingerprint density at radius 2 is 2.22 bits per heavy atom. The van der Waals surface area contributed by atoms with Gasteiger partial charge in [0.25, 0.3) is 5.82 Å². The van der Waals surface area contributed by atoms with Crippen molar-refractivity contribution >= 4 is 28.6 Å². The maximum Gasteiger partial charge on any atom is 0.251 e. The molecule has 142 valence electrons. The molecule has 1 saturated heterocycles. The number of imidazole rings is 1. The van der Waals surface area contributed by atoms with Crippen LogP contribution in [0.1, 0.15) is 11.8 Å². The summed E-state index contributed by atoms with van der Waals surface area (Å²) < 4.78 is 8.70. The van der Waals surface area contributed by atoms with Gasteiger partial charge >= 0.3 is 0 Å². The van der Waals surface area contributed by atoms with Crippen LogP contribution in [0.3, 0.4) is 0 Å². The van der Waals surface area contributed by atoms with E-state index in [4.69, 9.17) is 22.1 Å². The van der Waals surface area contributed by atoms with Crippen molar-refractivity contribution < 1.29 is 24.6 Å². The van der Waals surface area contributed by atoms with E-state index < -0.39 is 24.5 Å². The number of benzene rings is 1. The van der Waals surface area contributed by atoms with Crippen molar-refractivity contribution in [1.29, 1.82) is 0 Å². The van der Waals surface area contributed by atoms with Crippen molar-refractivity contribution in [2.24, 2.45) is 0 Å². The summed E-state index contributed by atoms with van der Waals surface area (Å²) in [5, 5.41) is 30.4. The van der Waals surface area contributed by atoms with Gasteiger partial charge in [-0.2, -0.15) is 0 Å². The molecule has 0 saturated carbocycles. The number of nitrogens with two attached hydrogens (primary N) is 1. The molecule has 0 aliphatic carbocycles. The first kappa shape index (κ1) is 18.1. The summed E-state index contributed by atoms with van der Waals surface area (Å²) in [6.07, 6.45) is 0.745. The molecule has 0 spiro atoms. The highest BCUT2D eigenvalue weighted by Gasteiger charge is 2.49. The van der Waals surface area contributed by atoms with E-state index in [1.807, 2.05) is 18.2 Å². The predicted molar refractivity (Wildman–Crippen MR) is 95.7 cm³/mol. The summed E-state index contributed by atoms with van der Waals surface area (Å²) in [7, 11) is 0. The molecule has 9 nitrogen and oxygen atoms in total. The van der Waals surface area contributed by atoms with E-state index in [1.54, 1.807) is 17.0 Å². The van der Waals surface area contributed by atoms with Crippen LogP contribution in [-0.2, 0) is 11.3 Å². The summed E-state index contributed by atoms with van der Waals surface area (Å²) in [5.41, 5.74) is 6.33. The molecule has 1 fully saturated rings. The first-order valence-corrected chi connectivity index (χ1v) is 8.68. The number of aliphatic hydroxyl groups excluding tert-OH is 2. The standard InChI is InChI=1S/C17H18ClN5O4/c18-11-3-1-2-10(4-11)5-22-8-21-15-12(14(22)19)20-9-23(15)16-13(25)17(26,6-24)7-27-16/h1-4,8-9,13,16,19,24-26H,5-7H2/p+1/t13-,16+,17-/m0/s1. The van der Waals surface area contributed by atoms with Crippen LogP contribution >= 0.6 is 11.6 Å². The first-order valence-electron chi connectivity index (χ1n) is 8.31. The molecule has 0 radical (unpaired) electrons. The van der Waals surface area contributed by atoms with E-state index in [0.29, 0.717) is 28.5 Å². The summed E-state index contributed by atoms with van der Waals surface area (Å²) in [6.45, 7) is -0.354. The van der Waals surface area contributed by atoms with E-state index in [0.717, 1.165) is 5.56 Å². The second kappa shape index (κ2) is 6.70. The zero-order valence-electron chi connectivity index (χ0n) is 14.2. The summed E-state index contributed by atoms with van der Waals surface area (Å²) in [5.74, 6) is 0.392. The van der Waals surface area contributed by atoms with Crippen LogP contribution in [0.4, 0.5) is 5.82 Å². The molecule has 1 aliphatic heterocycles. The lowest BCUT2D eigenvalue weighted by molar-refractivity contribution is -0.675. The van der Waals surface area contributed by atoms with E-state index in [9.17, 15) is 15.3 Å². The number of nitrogens with zero attached hydrogens (tertiary/aromatic N) is 4. The smallest absolute Gasteiger partial charge is 0.251 e. The van der Waals surface area contributed by atoms with Gasteiger partial charge in [0, 0.05) is 5.02 Å². The lowest BCUT2D eigenvalue weighted by atomic mass is 10.0. The van der Waals surface area contributed by atoms with E-state index in [2.05, 4.69) is 9.97 Å². The zero-order valence-corrected chi connectivity index (χ0v) is 15.0. The highest BCUT2D eigenvalue weighted by Crippen LogP contribution is 2.33. The van der Waals surface area contributed by atoms with Crippen molar-refractivity contribution in [2.75, 3.05) is 18.9 Å². The summed E-state index contributed by atoms with van der Waals surface area (Å²) in [6, 6.07) is 7.42. The van der Waals surface area contributed by atoms with E-state index in [1.165, 1.54) is 10.9 Å². The summed E-state index contributed by atoms with van der Waals surface area (Å²) >= 11 is 6.02. The van der Waals surface area contributed by atoms with Crippen LogP contribution in [0, 0.1) is 0 Å². The van der Waals surface area contributed by atoms with Crippen molar-refractivity contribution in [1.82, 2.24) is 14.5 Å². The number of aromatic nitrogens is 4. The monoisotopic (exact) mass is 392 g/mol. The molecule has 1 aromatic carbocycles. The molecule has 0 amide bonds. The van der Waals surface area contributed by atoms with Gasteiger partial charge in [0.05, 0.1) is 19.8 Å². The number of halogens is 1. The number of hydrogen-bond donors (Lipinski definition) is 4. The quantitative estimate of drug-likeness (QED) is 0.445. The molecular formula is C17H19ClN5O4+. The Bertz CT molecular complexity index is 997. The normalized spacial score (nSPS) is 25.3. The fourth-order valence-electron chi connectivity index (χ4n) is 3.17. The SMILES string of the molecule is Nc1c2ncn([C@@H]3OC[C@@](O)(CO)[C@H]3O)c2nc[n+]1Cc1cccc(Cl)c1. The van der Waals surface area contributed by atoms with Gasteiger partial charge in [-0.1, -0.05) is 28.7 Å². The average Bonchev–Trinajstić information content (AvgIpc) is 3.20. The Labute approximate surface area is 159 Å². The molecule has 27 heavy (non-hydrogen) atoms. The Balaban J connectivity index is 1.68. The van der Waals surface area contributed by atoms with Gasteiger partial charge < -0.3 is 25.8 Å². The maximum atomic E-state index is 10.3. The Hall–Kier alpha value is -2.30. The number of rotatable bonds is 4. The van der Waals surface area contributed by atoms with E-state index >= 15 is 0 Å². The van der Waals surface area contributed by atoms with Crippen LogP contribution in [0.25, 0.3) is 11.2 Å². The van der Waals surface area contributed by atoms with Crippen LogP contribution in [0.2, 0.25) is 5.02 Å². The highest BCUT2D eigenvalue weighted by molar-refractivity contribution is 6.30. The number of aliphatic hydroxyl groups is 3. The number of anilines is 1. The van der Waals surface area contributed by atoms with Gasteiger partial charge in [0.1, 0.15) is 18.0 Å². The number of fused-ring (bicyclic) bond motifs is 1. The fraction of sp³-hybridized carbons (Fsp3) is 0.353. The van der Waals surface area contributed by atoms with Crippen molar-refractivity contribution in [3.63, 3.8) is 0 Å². The van der Waals surface area contributed by atoms with Gasteiger partial charge in [0.15, 0.2) is 11.7 Å². The van der Waals surface area contributed by atoms with Crippen molar-refractivity contribution in [3.05, 3.63) is 47.5 Å². The number of hydrogen-bond acceptors (Lipinski definition) is 7. The van der Waals surface area contributed by atoms with Gasteiger partial charge in [-0.3, -0.25) is 4.57 Å². The minimum absolute atomic E-state index is 0.202. The Morgan fingerprint density at radius 3 is 2.93 bits per heavy atom. The lowest BCUT2D eigenvalue weighted by Gasteiger charge is -2.23. The van der Waals surface area contributed by atoms with Gasteiger partial charge in [0.2, 0.25) is 12.0 Å². The molecule has 3 aromatic rings. The third kappa shape index (κ3) is 3.03. The minimum Gasteiger partial charge on any atom is -0.393 e. The second-order valence-corrected chi connectivity index (χ2v) is 7.06. The fourth-order valence-corrected chi connectivity index (χ4v) is 3.39. The topological polar surface area (TPSA) is 131 Å². The van der Waals surface area contributed by atoms with Crippen molar-refractivity contribution in [2.45, 2.75) is 24.5 Å². The largest absolute Gasteiger partial charge is 0.393 e. The third-order valence-corrected chi connectivity index (χ3v) is 4.99. The molecule has 3 atom stereocenters. The predicted octanol–water partition coefficient (Wildman–Crippen LogP) is -0.384. The molecule has 2 aromatic heterocycles. The minimum atomic E-state index is -1.73. The molecule has 4 rings (SSSR count). The average molecular weight is 393 g/mol. The van der Waals surface area contributed by atoms with Gasteiger partial charge in [-0.15, -0.1) is 0 Å². The van der Waals surface area contributed by atoms with E-state index in [-0.39, 0.29) is 6.61 Å². The number of nitrogen functional groups attached to an aromatic ring is 1. The third-order valence-electron chi connectivity index (χ3n) is 4.75. The molecule has 3 heterocycles.